The number of piperazine rings is 1. The molecule has 12 nitrogen and oxygen atoms in total. The maximum absolute atomic E-state index is 13.7. The molecular weight excluding hydrogens is 741 g/mol. The van der Waals surface area contributed by atoms with Crippen LogP contribution in [0.3, 0.4) is 0 Å². The highest BCUT2D eigenvalue weighted by Gasteiger charge is 2.31. The van der Waals surface area contributed by atoms with Gasteiger partial charge in [0.2, 0.25) is 0 Å². The summed E-state index contributed by atoms with van der Waals surface area (Å²) in [6.07, 6.45) is 0.677. The fraction of sp³-hybridized carbons (Fsp3) is 0.386. The zero-order valence-corrected chi connectivity index (χ0v) is 34.1. The number of ether oxygens (including phenoxy) is 2. The van der Waals surface area contributed by atoms with Gasteiger partial charge in [0, 0.05) is 56.9 Å². The van der Waals surface area contributed by atoms with Crippen LogP contribution in [-0.2, 0) is 27.9 Å². The number of esters is 1. The number of carbonyl (C=O) groups excluding carboxylic acids is 2. The molecule has 298 valence electrons. The number of fused-ring (bicyclic) bond motifs is 2. The monoisotopic (exact) mass is 790 g/mol. The van der Waals surface area contributed by atoms with Crippen molar-refractivity contribution >= 4 is 50.3 Å². The summed E-state index contributed by atoms with van der Waals surface area (Å²) in [6, 6.07) is 21.4. The van der Waals surface area contributed by atoms with Gasteiger partial charge in [-0.3, -0.25) is 24.7 Å². The quantitative estimate of drug-likeness (QED) is 0.126. The van der Waals surface area contributed by atoms with Crippen LogP contribution in [0.2, 0.25) is 0 Å². The van der Waals surface area contributed by atoms with E-state index in [4.69, 9.17) is 14.5 Å². The molecule has 1 fully saturated rings. The van der Waals surface area contributed by atoms with Crippen molar-refractivity contribution in [1.29, 1.82) is 0 Å². The van der Waals surface area contributed by atoms with Crippen LogP contribution in [0.1, 0.15) is 70.8 Å². The first kappa shape index (κ1) is 39.8. The standard InChI is InChI=1S/C44H50N6O6S/c1-6-55-38(51)27-49-21-19-48(20-22-49)23-24-56-35-15-10-12-30(28(35)2)39-33(44(3,4)5)25-37(46-40(39)42(53)54)50-18-17-29-11-9-13-31(32(29)26-50)41(52)47-43-45-34-14-7-8-16-36(34)57-43/h7-16,25H,6,17-24,26-27H2,1-5H3,(H,53,54)(H,45,47,52). The Morgan fingerprint density at radius 1 is 0.930 bits per heavy atom. The van der Waals surface area contributed by atoms with Crippen molar-refractivity contribution in [2.75, 3.05) is 69.2 Å². The van der Waals surface area contributed by atoms with Gasteiger partial charge in [-0.2, -0.15) is 0 Å². The van der Waals surface area contributed by atoms with E-state index in [1.165, 1.54) is 11.3 Å². The van der Waals surface area contributed by atoms with Crippen LogP contribution in [0.25, 0.3) is 21.3 Å². The Morgan fingerprint density at radius 3 is 2.42 bits per heavy atom. The zero-order chi connectivity index (χ0) is 40.3. The van der Waals surface area contributed by atoms with Gasteiger partial charge < -0.3 is 19.5 Å². The van der Waals surface area contributed by atoms with E-state index in [1.807, 2.05) is 80.6 Å². The minimum absolute atomic E-state index is 0.0222. The molecule has 0 radical (unpaired) electrons. The molecule has 0 bridgehead atoms. The van der Waals surface area contributed by atoms with Gasteiger partial charge in [0.1, 0.15) is 18.2 Å². The number of amides is 1. The number of anilines is 2. The first-order valence-electron chi connectivity index (χ1n) is 19.5. The summed E-state index contributed by atoms with van der Waals surface area (Å²) in [4.78, 5) is 54.7. The molecule has 2 aliphatic heterocycles. The van der Waals surface area contributed by atoms with E-state index in [9.17, 15) is 19.5 Å². The number of hydrogen-bond donors (Lipinski definition) is 2. The first-order chi connectivity index (χ1) is 27.4. The number of aromatic carboxylic acids is 1. The van der Waals surface area contributed by atoms with Gasteiger partial charge in [-0.15, -0.1) is 0 Å². The average molecular weight is 791 g/mol. The number of rotatable bonds is 12. The summed E-state index contributed by atoms with van der Waals surface area (Å²) >= 11 is 1.43. The molecule has 13 heteroatoms. The van der Waals surface area contributed by atoms with E-state index in [0.717, 1.165) is 70.8 Å². The van der Waals surface area contributed by atoms with E-state index in [1.54, 1.807) is 0 Å². The molecule has 2 N–H and O–H groups in total. The predicted octanol–water partition coefficient (Wildman–Crippen LogP) is 7.04. The highest BCUT2D eigenvalue weighted by molar-refractivity contribution is 7.22. The number of carboxylic acid groups (broad SMARTS) is 1. The fourth-order valence-electron chi connectivity index (χ4n) is 7.68. The Balaban J connectivity index is 1.11. The maximum atomic E-state index is 13.7. The van der Waals surface area contributed by atoms with Crippen molar-refractivity contribution in [2.45, 2.75) is 53.0 Å². The Morgan fingerprint density at radius 2 is 1.68 bits per heavy atom. The average Bonchev–Trinajstić information content (AvgIpc) is 3.60. The smallest absolute Gasteiger partial charge is 0.355 e. The van der Waals surface area contributed by atoms with Gasteiger partial charge in [-0.05, 0) is 83.8 Å². The van der Waals surface area contributed by atoms with Crippen LogP contribution in [-0.4, -0.2) is 102 Å². The second kappa shape index (κ2) is 17.0. The SMILES string of the molecule is CCOC(=O)CN1CCN(CCOc2cccc(-c3c(C(C)(C)C)cc(N4CCc5cccc(C(=O)Nc6nc7ccccc7s6)c5C4)nc3C(=O)O)c2C)CC1. The molecule has 0 atom stereocenters. The summed E-state index contributed by atoms with van der Waals surface area (Å²) < 4.78 is 12.4. The molecule has 2 aliphatic rings. The fourth-order valence-corrected chi connectivity index (χ4v) is 8.54. The van der Waals surface area contributed by atoms with Crippen molar-refractivity contribution in [3.05, 3.63) is 100 Å². The number of hydrogen-bond acceptors (Lipinski definition) is 11. The number of aromatic nitrogens is 2. The van der Waals surface area contributed by atoms with E-state index in [-0.39, 0.29) is 17.6 Å². The summed E-state index contributed by atoms with van der Waals surface area (Å²) in [6.45, 7) is 16.2. The lowest BCUT2D eigenvalue weighted by molar-refractivity contribution is -0.144. The molecule has 0 saturated carbocycles. The second-order valence-corrected chi connectivity index (χ2v) is 16.6. The van der Waals surface area contributed by atoms with Crippen molar-refractivity contribution in [1.82, 2.24) is 19.8 Å². The van der Waals surface area contributed by atoms with E-state index in [0.29, 0.717) is 67.1 Å². The Kier molecular flexibility index (Phi) is 11.9. The molecule has 4 heterocycles. The van der Waals surface area contributed by atoms with Gasteiger partial charge in [-0.25, -0.2) is 14.8 Å². The third kappa shape index (κ3) is 8.96. The third-order valence-corrected chi connectivity index (χ3v) is 11.7. The summed E-state index contributed by atoms with van der Waals surface area (Å²) in [5, 5.41) is 14.3. The molecular formula is C44H50N6O6S. The Hall–Kier alpha value is -5.37. The van der Waals surface area contributed by atoms with Crippen molar-refractivity contribution in [2.24, 2.45) is 0 Å². The lowest BCUT2D eigenvalue weighted by Gasteiger charge is -2.34. The van der Waals surface area contributed by atoms with Crippen LogP contribution in [0.5, 0.6) is 5.75 Å². The van der Waals surface area contributed by atoms with Crippen LogP contribution in [0, 0.1) is 6.92 Å². The normalized spacial score (nSPS) is 15.0. The molecule has 0 unspecified atom stereocenters. The van der Waals surface area contributed by atoms with Crippen LogP contribution in [0.15, 0.2) is 66.7 Å². The van der Waals surface area contributed by atoms with Gasteiger partial charge in [-0.1, -0.05) is 68.5 Å². The van der Waals surface area contributed by atoms with Crippen molar-refractivity contribution in [3.8, 4) is 16.9 Å². The number of para-hydroxylation sites is 1. The minimum Gasteiger partial charge on any atom is -0.492 e. The number of nitrogens with one attached hydrogen (secondary N) is 1. The van der Waals surface area contributed by atoms with E-state index < -0.39 is 11.4 Å². The van der Waals surface area contributed by atoms with Crippen LogP contribution < -0.4 is 15.0 Å². The number of nitrogens with zero attached hydrogens (tertiary/aromatic N) is 5. The Labute approximate surface area is 337 Å². The second-order valence-electron chi connectivity index (χ2n) is 15.6. The number of carbonyl (C=O) groups is 3. The minimum atomic E-state index is -1.11. The highest BCUT2D eigenvalue weighted by Crippen LogP contribution is 2.41. The Bertz CT molecular complexity index is 2260. The summed E-state index contributed by atoms with van der Waals surface area (Å²) in [5.74, 6) is -0.287. The van der Waals surface area contributed by atoms with Gasteiger partial charge in [0.15, 0.2) is 10.8 Å². The number of benzene rings is 3. The van der Waals surface area contributed by atoms with Gasteiger partial charge in [0.25, 0.3) is 5.91 Å². The molecule has 1 amide bonds. The molecule has 0 spiro atoms. The first-order valence-corrected chi connectivity index (χ1v) is 20.4. The molecule has 2 aromatic heterocycles. The molecule has 5 aromatic rings. The third-order valence-electron chi connectivity index (χ3n) is 10.7. The zero-order valence-electron chi connectivity index (χ0n) is 33.3. The van der Waals surface area contributed by atoms with Crippen LogP contribution >= 0.6 is 11.3 Å². The van der Waals surface area contributed by atoms with Crippen molar-refractivity contribution in [3.63, 3.8) is 0 Å². The molecule has 7 rings (SSSR count). The van der Waals surface area contributed by atoms with Crippen molar-refractivity contribution < 1.29 is 29.0 Å². The number of carboxylic acids is 1. The van der Waals surface area contributed by atoms with E-state index >= 15 is 0 Å². The molecule has 1 saturated heterocycles. The van der Waals surface area contributed by atoms with Gasteiger partial charge in [0.05, 0.1) is 23.4 Å². The molecule has 57 heavy (non-hydrogen) atoms. The predicted molar refractivity (Wildman–Crippen MR) is 224 cm³/mol. The van der Waals surface area contributed by atoms with Gasteiger partial charge >= 0.3 is 11.9 Å². The molecule has 3 aromatic carbocycles. The number of pyridine rings is 1. The highest BCUT2D eigenvalue weighted by atomic mass is 32.1. The maximum Gasteiger partial charge on any atom is 0.355 e. The largest absolute Gasteiger partial charge is 0.492 e. The molecule has 0 aliphatic carbocycles. The lowest BCUT2D eigenvalue weighted by Crippen LogP contribution is -2.49. The van der Waals surface area contributed by atoms with E-state index in [2.05, 4.69) is 45.8 Å². The number of thiazole rings is 1. The summed E-state index contributed by atoms with van der Waals surface area (Å²) in [5.41, 5.74) is 5.95. The topological polar surface area (TPSA) is 137 Å². The lowest BCUT2D eigenvalue weighted by atomic mass is 9.80. The summed E-state index contributed by atoms with van der Waals surface area (Å²) in [7, 11) is 0. The van der Waals surface area contributed by atoms with Crippen LogP contribution in [0.4, 0.5) is 10.9 Å².